The van der Waals surface area contributed by atoms with Gasteiger partial charge in [0.1, 0.15) is 19.2 Å². The van der Waals surface area contributed by atoms with Crippen molar-refractivity contribution in [1.82, 2.24) is 20.1 Å². The first-order chi connectivity index (χ1) is 13.9. The molecule has 2 heterocycles. The Hall–Kier alpha value is -3.49. The van der Waals surface area contributed by atoms with Crippen molar-refractivity contribution in [3.63, 3.8) is 0 Å². The lowest BCUT2D eigenvalue weighted by Gasteiger charge is -2.16. The highest BCUT2D eigenvalue weighted by Crippen LogP contribution is 2.38. The van der Waals surface area contributed by atoms with E-state index in [1.165, 1.54) is 17.3 Å². The number of aromatic nitrogens is 3. The number of nitrogens with one attached hydrogen (secondary N) is 1. The maximum Gasteiger partial charge on any atom is 0.416 e. The Morgan fingerprint density at radius 2 is 2.00 bits per heavy atom. The summed E-state index contributed by atoms with van der Waals surface area (Å²) >= 11 is 0. The maximum atomic E-state index is 13.4. The largest absolute Gasteiger partial charge is 0.416 e. The van der Waals surface area contributed by atoms with E-state index < -0.39 is 11.7 Å². The molecule has 0 aliphatic carbocycles. The SMILES string of the molecule is O=C(Cn1cncn1)NCc1ccccc1-c1cc(C(F)(F)F)cc2c1C=NC2. The maximum absolute atomic E-state index is 13.4. The Morgan fingerprint density at radius 1 is 1.17 bits per heavy atom. The summed E-state index contributed by atoms with van der Waals surface area (Å²) in [5, 5.41) is 6.65. The molecule has 1 aromatic heterocycles. The minimum Gasteiger partial charge on any atom is -0.350 e. The van der Waals surface area contributed by atoms with E-state index >= 15 is 0 Å². The van der Waals surface area contributed by atoms with Gasteiger partial charge >= 0.3 is 6.18 Å². The molecule has 29 heavy (non-hydrogen) atoms. The normalized spacial score (nSPS) is 12.8. The molecule has 0 fully saturated rings. The zero-order valence-electron chi connectivity index (χ0n) is 15.1. The molecule has 1 N–H and O–H groups in total. The van der Waals surface area contributed by atoms with E-state index in [1.807, 2.05) is 0 Å². The lowest BCUT2D eigenvalue weighted by atomic mass is 9.91. The Morgan fingerprint density at radius 3 is 2.76 bits per heavy atom. The second-order valence-electron chi connectivity index (χ2n) is 6.59. The summed E-state index contributed by atoms with van der Waals surface area (Å²) in [5.74, 6) is -0.277. The Kier molecular flexibility index (Phi) is 4.87. The highest BCUT2D eigenvalue weighted by Gasteiger charge is 2.33. The van der Waals surface area contributed by atoms with E-state index in [-0.39, 0.29) is 25.5 Å². The van der Waals surface area contributed by atoms with Gasteiger partial charge in [-0.2, -0.15) is 18.3 Å². The summed E-state index contributed by atoms with van der Waals surface area (Å²) in [6.07, 6.45) is -0.0879. The number of hydrogen-bond acceptors (Lipinski definition) is 4. The number of benzene rings is 2. The first kappa shape index (κ1) is 18.9. The van der Waals surface area contributed by atoms with Crippen LogP contribution in [0, 0.1) is 0 Å². The zero-order chi connectivity index (χ0) is 20.4. The molecule has 0 bridgehead atoms. The molecule has 0 unspecified atom stereocenters. The number of hydrogen-bond donors (Lipinski definition) is 1. The van der Waals surface area contributed by atoms with Crippen molar-refractivity contribution < 1.29 is 18.0 Å². The number of fused-ring (bicyclic) bond motifs is 1. The van der Waals surface area contributed by atoms with E-state index in [0.29, 0.717) is 27.8 Å². The van der Waals surface area contributed by atoms with Crippen molar-refractivity contribution in [3.05, 3.63) is 71.3 Å². The van der Waals surface area contributed by atoms with Crippen molar-refractivity contribution in [3.8, 4) is 11.1 Å². The van der Waals surface area contributed by atoms with E-state index in [1.54, 1.807) is 30.5 Å². The van der Waals surface area contributed by atoms with Crippen molar-refractivity contribution in [2.24, 2.45) is 4.99 Å². The van der Waals surface area contributed by atoms with Gasteiger partial charge in [0.2, 0.25) is 5.91 Å². The molecule has 6 nitrogen and oxygen atoms in total. The summed E-state index contributed by atoms with van der Waals surface area (Å²) in [6.45, 7) is 0.405. The second kappa shape index (κ2) is 7.50. The van der Waals surface area contributed by atoms with Crippen LogP contribution in [0.25, 0.3) is 11.1 Å². The molecule has 0 saturated carbocycles. The minimum atomic E-state index is -4.45. The second-order valence-corrected chi connectivity index (χ2v) is 6.59. The first-order valence-corrected chi connectivity index (χ1v) is 8.83. The molecule has 0 spiro atoms. The molecule has 0 saturated heterocycles. The highest BCUT2D eigenvalue weighted by atomic mass is 19.4. The summed E-state index contributed by atoms with van der Waals surface area (Å²) in [5.41, 5.74) is 2.31. The molecule has 1 amide bonds. The highest BCUT2D eigenvalue weighted by molar-refractivity contribution is 5.95. The van der Waals surface area contributed by atoms with Gasteiger partial charge in [0.05, 0.1) is 12.1 Å². The Bertz CT molecular complexity index is 1070. The van der Waals surface area contributed by atoms with Crippen molar-refractivity contribution in [2.75, 3.05) is 0 Å². The molecule has 0 atom stereocenters. The third-order valence-electron chi connectivity index (χ3n) is 4.63. The van der Waals surface area contributed by atoms with Crippen molar-refractivity contribution in [1.29, 1.82) is 0 Å². The first-order valence-electron chi connectivity index (χ1n) is 8.83. The van der Waals surface area contributed by atoms with E-state index in [4.69, 9.17) is 0 Å². The fraction of sp³-hybridized carbons (Fsp3) is 0.200. The van der Waals surface area contributed by atoms with Crippen LogP contribution in [0.3, 0.4) is 0 Å². The van der Waals surface area contributed by atoms with Gasteiger partial charge in [0, 0.05) is 18.3 Å². The van der Waals surface area contributed by atoms with Crippen LogP contribution >= 0.6 is 0 Å². The summed E-state index contributed by atoms with van der Waals surface area (Å²) in [7, 11) is 0. The smallest absolute Gasteiger partial charge is 0.350 e. The topological polar surface area (TPSA) is 72.2 Å². The van der Waals surface area contributed by atoms with Crippen LogP contribution in [0.5, 0.6) is 0 Å². The van der Waals surface area contributed by atoms with Gasteiger partial charge in [0.25, 0.3) is 0 Å². The lowest BCUT2D eigenvalue weighted by molar-refractivity contribution is -0.137. The zero-order valence-corrected chi connectivity index (χ0v) is 15.1. The van der Waals surface area contributed by atoms with Crippen LogP contribution in [0.1, 0.15) is 22.3 Å². The van der Waals surface area contributed by atoms with Gasteiger partial charge in [-0.05, 0) is 34.4 Å². The molecular formula is C20H16F3N5O. The Balaban J connectivity index is 1.64. The molecule has 0 radical (unpaired) electrons. The van der Waals surface area contributed by atoms with E-state index in [0.717, 1.165) is 12.1 Å². The molecule has 1 aliphatic rings. The Labute approximate surface area is 164 Å². The average molecular weight is 399 g/mol. The summed E-state index contributed by atoms with van der Waals surface area (Å²) < 4.78 is 41.5. The molecule has 3 aromatic rings. The van der Waals surface area contributed by atoms with Crippen LogP contribution in [-0.4, -0.2) is 26.9 Å². The van der Waals surface area contributed by atoms with Crippen molar-refractivity contribution >= 4 is 12.1 Å². The van der Waals surface area contributed by atoms with Gasteiger partial charge in [-0.3, -0.25) is 9.79 Å². The van der Waals surface area contributed by atoms with E-state index in [2.05, 4.69) is 20.4 Å². The third-order valence-corrected chi connectivity index (χ3v) is 4.63. The van der Waals surface area contributed by atoms with Gasteiger partial charge in [0.15, 0.2) is 0 Å². The minimum absolute atomic E-state index is 0.00772. The van der Waals surface area contributed by atoms with Crippen molar-refractivity contribution in [2.45, 2.75) is 25.8 Å². The molecule has 1 aliphatic heterocycles. The van der Waals surface area contributed by atoms with Crippen LogP contribution < -0.4 is 5.32 Å². The molecule has 148 valence electrons. The third kappa shape index (κ3) is 4.03. The monoisotopic (exact) mass is 399 g/mol. The van der Waals surface area contributed by atoms with Gasteiger partial charge in [-0.1, -0.05) is 24.3 Å². The number of rotatable bonds is 5. The van der Waals surface area contributed by atoms with E-state index in [9.17, 15) is 18.0 Å². The standard InChI is InChI=1S/C20H16F3N5O/c21-20(22,23)15-5-14-7-24-9-18(14)17(6-15)16-4-2-1-3-13(16)8-26-19(29)10-28-12-25-11-27-28/h1-6,9,11-12H,7-8,10H2,(H,26,29). The fourth-order valence-electron chi connectivity index (χ4n) is 3.27. The van der Waals surface area contributed by atoms with Gasteiger partial charge in [-0.25, -0.2) is 9.67 Å². The predicted molar refractivity (Wildman–Crippen MR) is 100 cm³/mol. The van der Waals surface area contributed by atoms with Crippen LogP contribution in [0.4, 0.5) is 13.2 Å². The quantitative estimate of drug-likeness (QED) is 0.716. The number of halogens is 3. The summed E-state index contributed by atoms with van der Waals surface area (Å²) in [6, 6.07) is 9.37. The number of carbonyl (C=O) groups excluding carboxylic acids is 1. The molecule has 4 rings (SSSR count). The van der Waals surface area contributed by atoms with Crippen LogP contribution in [0.2, 0.25) is 0 Å². The summed E-state index contributed by atoms with van der Waals surface area (Å²) in [4.78, 5) is 20.0. The molecule has 9 heteroatoms. The number of alkyl halides is 3. The number of amides is 1. The predicted octanol–water partition coefficient (Wildman–Crippen LogP) is 3.21. The lowest BCUT2D eigenvalue weighted by Crippen LogP contribution is -2.27. The number of aliphatic imine (C=N–C) groups is 1. The molecular weight excluding hydrogens is 383 g/mol. The average Bonchev–Trinajstić information content (AvgIpc) is 3.36. The van der Waals surface area contributed by atoms with Crippen LogP contribution in [0.15, 0.2) is 54.0 Å². The molecule has 2 aromatic carbocycles. The fourth-order valence-corrected chi connectivity index (χ4v) is 3.27. The van der Waals surface area contributed by atoms with Crippen LogP contribution in [-0.2, 0) is 30.6 Å². The van der Waals surface area contributed by atoms with Gasteiger partial charge < -0.3 is 5.32 Å². The van der Waals surface area contributed by atoms with Gasteiger partial charge in [-0.15, -0.1) is 0 Å². The number of carbonyl (C=O) groups is 1. The number of nitrogens with zero attached hydrogens (tertiary/aromatic N) is 4.